The first-order valence-corrected chi connectivity index (χ1v) is 14.3. The van der Waals surface area contributed by atoms with Crippen LogP contribution in [0.1, 0.15) is 167 Å². The van der Waals surface area contributed by atoms with Crippen LogP contribution < -0.4 is 4.57 Å². The Morgan fingerprint density at radius 3 is 1.26 bits per heavy atom. The lowest BCUT2D eigenvalue weighted by Gasteiger charge is -2.13. The molecule has 182 valence electrons. The highest BCUT2D eigenvalue weighted by Gasteiger charge is 2.20. The maximum Gasteiger partial charge on any atom is 0.257 e. The minimum atomic E-state index is 0.725. The van der Waals surface area contributed by atoms with Crippen LogP contribution in [-0.4, -0.2) is 4.98 Å². The molecule has 2 nitrogen and oxygen atoms in total. The van der Waals surface area contributed by atoms with Crippen molar-refractivity contribution in [1.82, 2.24) is 4.98 Å². The number of imidazole rings is 1. The lowest BCUT2D eigenvalue weighted by atomic mass is 9.93. The van der Waals surface area contributed by atoms with Gasteiger partial charge in [0.1, 0.15) is 12.4 Å². The van der Waals surface area contributed by atoms with Crippen LogP contribution in [0.15, 0.2) is 12.4 Å². The number of H-pyrrole nitrogens is 1. The van der Waals surface area contributed by atoms with E-state index < -0.39 is 0 Å². The zero-order valence-corrected chi connectivity index (χ0v) is 21.7. The second kappa shape index (κ2) is 21.1. The molecule has 0 aliphatic heterocycles. The van der Waals surface area contributed by atoms with Gasteiger partial charge in [0.25, 0.3) is 5.82 Å². The van der Waals surface area contributed by atoms with E-state index in [1.165, 1.54) is 147 Å². The highest BCUT2D eigenvalue weighted by atomic mass is 15.0. The standard InChI is InChI=1S/C29H56N2/c1-4-6-8-10-12-14-15-16-17-19-21-23-25-28(29-30-26-27-31(29)3)24-22-20-18-13-11-9-7-5-2/h26-28H,4-25H2,1-3H3/p+1/t28-/m0/s1. The summed E-state index contributed by atoms with van der Waals surface area (Å²) < 4.78 is 2.32. The Morgan fingerprint density at radius 2 is 0.935 bits per heavy atom. The summed E-state index contributed by atoms with van der Waals surface area (Å²) in [6.07, 6.45) is 35.7. The molecular weight excluding hydrogens is 376 g/mol. The maximum atomic E-state index is 3.54. The van der Waals surface area contributed by atoms with E-state index in [1.807, 2.05) is 0 Å². The summed E-state index contributed by atoms with van der Waals surface area (Å²) in [5.41, 5.74) is 0. The first-order chi connectivity index (χ1) is 15.3. The first kappa shape index (κ1) is 28.2. The third-order valence-corrected chi connectivity index (χ3v) is 7.11. The van der Waals surface area contributed by atoms with Crippen molar-refractivity contribution in [2.24, 2.45) is 7.05 Å². The van der Waals surface area contributed by atoms with Crippen LogP contribution in [0.25, 0.3) is 0 Å². The summed E-state index contributed by atoms with van der Waals surface area (Å²) >= 11 is 0. The van der Waals surface area contributed by atoms with Crippen molar-refractivity contribution in [3.05, 3.63) is 18.2 Å². The van der Waals surface area contributed by atoms with E-state index in [4.69, 9.17) is 0 Å². The molecule has 0 amide bonds. The Morgan fingerprint density at radius 1 is 0.581 bits per heavy atom. The summed E-state index contributed by atoms with van der Waals surface area (Å²) in [5, 5.41) is 0. The molecule has 1 atom stereocenters. The van der Waals surface area contributed by atoms with Crippen molar-refractivity contribution in [3.63, 3.8) is 0 Å². The van der Waals surface area contributed by atoms with Gasteiger partial charge in [-0.05, 0) is 12.8 Å². The fourth-order valence-corrected chi connectivity index (χ4v) is 5.00. The predicted octanol–water partition coefficient (Wildman–Crippen LogP) is 9.54. The van der Waals surface area contributed by atoms with Crippen LogP contribution in [0.3, 0.4) is 0 Å². The van der Waals surface area contributed by atoms with Gasteiger partial charge in [-0.2, -0.15) is 0 Å². The van der Waals surface area contributed by atoms with Gasteiger partial charge >= 0.3 is 0 Å². The molecule has 1 heterocycles. The van der Waals surface area contributed by atoms with Crippen molar-refractivity contribution in [2.45, 2.75) is 161 Å². The van der Waals surface area contributed by atoms with Crippen molar-refractivity contribution in [2.75, 3.05) is 0 Å². The normalized spacial score (nSPS) is 12.5. The van der Waals surface area contributed by atoms with Gasteiger partial charge in [-0.1, -0.05) is 142 Å². The minimum Gasteiger partial charge on any atom is -0.247 e. The van der Waals surface area contributed by atoms with Gasteiger partial charge in [-0.25, -0.2) is 9.55 Å². The van der Waals surface area contributed by atoms with Gasteiger partial charge < -0.3 is 0 Å². The molecular formula is C29H57N2+. The Labute approximate surface area is 196 Å². The molecule has 0 spiro atoms. The maximum absolute atomic E-state index is 3.54. The first-order valence-electron chi connectivity index (χ1n) is 14.3. The van der Waals surface area contributed by atoms with E-state index in [1.54, 1.807) is 0 Å². The summed E-state index contributed by atoms with van der Waals surface area (Å²) in [7, 11) is 2.20. The van der Waals surface area contributed by atoms with E-state index in [0.29, 0.717) is 0 Å². The quantitative estimate of drug-likeness (QED) is 0.131. The fraction of sp³-hybridized carbons (Fsp3) is 0.897. The smallest absolute Gasteiger partial charge is 0.247 e. The van der Waals surface area contributed by atoms with Gasteiger partial charge in [0.15, 0.2) is 0 Å². The van der Waals surface area contributed by atoms with Gasteiger partial charge in [-0.15, -0.1) is 0 Å². The molecule has 0 unspecified atom stereocenters. The van der Waals surface area contributed by atoms with E-state index in [-0.39, 0.29) is 0 Å². The molecule has 0 bridgehead atoms. The molecule has 0 aliphatic carbocycles. The Balaban J connectivity index is 2.09. The van der Waals surface area contributed by atoms with Crippen molar-refractivity contribution in [1.29, 1.82) is 0 Å². The topological polar surface area (TPSA) is 19.7 Å². The molecule has 1 rings (SSSR count). The van der Waals surface area contributed by atoms with E-state index in [9.17, 15) is 0 Å². The molecule has 1 aromatic heterocycles. The molecule has 0 aliphatic rings. The number of rotatable bonds is 23. The minimum absolute atomic E-state index is 0.725. The Hall–Kier alpha value is -0.790. The number of nitrogens with zero attached hydrogens (tertiary/aromatic N) is 1. The second-order valence-electron chi connectivity index (χ2n) is 10.1. The summed E-state index contributed by atoms with van der Waals surface area (Å²) in [4.78, 5) is 3.54. The molecule has 31 heavy (non-hydrogen) atoms. The Kier molecular flexibility index (Phi) is 19.2. The monoisotopic (exact) mass is 433 g/mol. The average molecular weight is 434 g/mol. The van der Waals surface area contributed by atoms with Gasteiger partial charge in [0.2, 0.25) is 0 Å². The molecule has 0 saturated carbocycles. The number of nitrogens with one attached hydrogen (secondary N) is 1. The van der Waals surface area contributed by atoms with E-state index in [2.05, 4.69) is 42.8 Å². The number of hydrogen-bond donors (Lipinski definition) is 1. The third kappa shape index (κ3) is 15.6. The van der Waals surface area contributed by atoms with Crippen LogP contribution in [0.2, 0.25) is 0 Å². The largest absolute Gasteiger partial charge is 0.257 e. The summed E-state index contributed by atoms with van der Waals surface area (Å²) in [6.45, 7) is 4.61. The molecule has 0 aromatic carbocycles. The van der Waals surface area contributed by atoms with Crippen LogP contribution in [0.4, 0.5) is 0 Å². The third-order valence-electron chi connectivity index (χ3n) is 7.11. The Bertz CT molecular complexity index is 479. The summed E-state index contributed by atoms with van der Waals surface area (Å²) in [5.74, 6) is 2.18. The van der Waals surface area contributed by atoms with Crippen molar-refractivity contribution in [3.8, 4) is 0 Å². The summed E-state index contributed by atoms with van der Waals surface area (Å²) in [6, 6.07) is 0. The molecule has 1 N–H and O–H groups in total. The number of unbranched alkanes of at least 4 members (excludes halogenated alkanes) is 18. The van der Waals surface area contributed by atoms with Gasteiger partial charge in [0, 0.05) is 0 Å². The number of aryl methyl sites for hydroxylation is 1. The van der Waals surface area contributed by atoms with Gasteiger partial charge in [-0.3, -0.25) is 0 Å². The van der Waals surface area contributed by atoms with Crippen LogP contribution >= 0.6 is 0 Å². The predicted molar refractivity (Wildman–Crippen MR) is 138 cm³/mol. The van der Waals surface area contributed by atoms with Crippen molar-refractivity contribution < 1.29 is 4.57 Å². The van der Waals surface area contributed by atoms with Crippen molar-refractivity contribution >= 4 is 0 Å². The fourth-order valence-electron chi connectivity index (χ4n) is 5.00. The highest BCUT2D eigenvalue weighted by Crippen LogP contribution is 2.26. The molecule has 2 heteroatoms. The lowest BCUT2D eigenvalue weighted by molar-refractivity contribution is -0.679. The molecule has 1 aromatic rings. The van der Waals surface area contributed by atoms with Crippen LogP contribution in [0.5, 0.6) is 0 Å². The molecule has 0 saturated heterocycles. The van der Waals surface area contributed by atoms with Crippen LogP contribution in [0, 0.1) is 0 Å². The second-order valence-corrected chi connectivity index (χ2v) is 10.1. The molecule has 0 radical (unpaired) electrons. The van der Waals surface area contributed by atoms with E-state index >= 15 is 0 Å². The number of aromatic nitrogens is 2. The van der Waals surface area contributed by atoms with Gasteiger partial charge in [0.05, 0.1) is 13.0 Å². The zero-order chi connectivity index (χ0) is 22.4. The lowest BCUT2D eigenvalue weighted by Crippen LogP contribution is -2.32. The number of aromatic amines is 1. The zero-order valence-electron chi connectivity index (χ0n) is 21.7. The SMILES string of the molecule is CCCCCCCCCCCCCC[C@H](CCCCCCCCCC)c1[nH]cc[n+]1C. The molecule has 0 fully saturated rings. The van der Waals surface area contributed by atoms with E-state index in [0.717, 1.165) is 5.92 Å². The number of hydrogen-bond acceptors (Lipinski definition) is 0. The highest BCUT2D eigenvalue weighted by molar-refractivity contribution is 4.89. The average Bonchev–Trinajstić information content (AvgIpc) is 3.20. The van der Waals surface area contributed by atoms with Crippen LogP contribution in [-0.2, 0) is 7.05 Å².